The van der Waals surface area contributed by atoms with Crippen LogP contribution in [-0.2, 0) is 5.92 Å². The van der Waals surface area contributed by atoms with Crippen molar-refractivity contribution in [3.8, 4) is 0 Å². The van der Waals surface area contributed by atoms with Crippen molar-refractivity contribution in [1.29, 1.82) is 0 Å². The number of amides is 1. The minimum atomic E-state index is -3.16. The van der Waals surface area contributed by atoms with Crippen molar-refractivity contribution in [1.82, 2.24) is 0 Å². The van der Waals surface area contributed by atoms with E-state index >= 15 is 0 Å². The van der Waals surface area contributed by atoms with Crippen LogP contribution in [-0.4, -0.2) is 17.7 Å². The number of hydrogen-bond acceptors (Lipinski definition) is 2. The maximum atomic E-state index is 13.4. The van der Waals surface area contributed by atoms with Crippen molar-refractivity contribution in [3.05, 3.63) is 23.8 Å². The van der Waals surface area contributed by atoms with Gasteiger partial charge in [0.2, 0.25) is 0 Å². The molecule has 0 spiro atoms. The number of fused-ring (bicyclic) bond motifs is 1. The van der Waals surface area contributed by atoms with E-state index in [0.717, 1.165) is 6.07 Å². The monoisotopic (exact) mass is 214 g/mol. The first-order valence-electron chi connectivity index (χ1n) is 4.20. The summed E-state index contributed by atoms with van der Waals surface area (Å²) in [7, 11) is 0. The van der Waals surface area contributed by atoms with Gasteiger partial charge in [-0.25, -0.2) is 4.79 Å². The molecule has 1 heterocycles. The van der Waals surface area contributed by atoms with E-state index in [1.54, 1.807) is 0 Å². The van der Waals surface area contributed by atoms with Crippen LogP contribution in [0.4, 0.5) is 25.0 Å². The molecule has 2 rings (SSSR count). The van der Waals surface area contributed by atoms with E-state index in [0.29, 0.717) is 4.90 Å². The molecule has 0 bridgehead atoms. The van der Waals surface area contributed by atoms with Crippen LogP contribution in [0.5, 0.6) is 0 Å². The fourth-order valence-electron chi connectivity index (χ4n) is 1.62. The average Bonchev–Trinajstić information content (AvgIpc) is 2.39. The number of benzene rings is 1. The van der Waals surface area contributed by atoms with Crippen molar-refractivity contribution in [2.75, 3.05) is 17.2 Å². The molecule has 0 saturated heterocycles. The topological polar surface area (TPSA) is 66.6 Å². The fraction of sp³-hybridized carbons (Fsp3) is 0.222. The number of carboxylic acid groups (broad SMARTS) is 1. The average molecular weight is 214 g/mol. The quantitative estimate of drug-likeness (QED) is 0.648. The molecule has 0 saturated carbocycles. The van der Waals surface area contributed by atoms with Crippen LogP contribution >= 0.6 is 0 Å². The number of rotatable bonds is 0. The lowest BCUT2D eigenvalue weighted by Crippen LogP contribution is -2.31. The molecule has 0 aromatic heterocycles. The second kappa shape index (κ2) is 2.82. The lowest BCUT2D eigenvalue weighted by molar-refractivity contribution is 0.0142. The molecule has 0 unspecified atom stereocenters. The van der Waals surface area contributed by atoms with Gasteiger partial charge in [-0.3, -0.25) is 4.90 Å². The van der Waals surface area contributed by atoms with Gasteiger partial charge in [0, 0.05) is 11.3 Å². The Morgan fingerprint density at radius 1 is 1.53 bits per heavy atom. The van der Waals surface area contributed by atoms with Crippen LogP contribution in [0.2, 0.25) is 0 Å². The first-order valence-corrected chi connectivity index (χ1v) is 4.20. The Bertz CT molecular complexity index is 434. The predicted molar refractivity (Wildman–Crippen MR) is 50.1 cm³/mol. The third-order valence-electron chi connectivity index (χ3n) is 2.29. The zero-order chi connectivity index (χ0) is 11.2. The lowest BCUT2D eigenvalue weighted by Gasteiger charge is -2.11. The second-order valence-corrected chi connectivity index (χ2v) is 3.35. The number of alkyl halides is 2. The Balaban J connectivity index is 2.58. The molecule has 0 atom stereocenters. The van der Waals surface area contributed by atoms with E-state index in [2.05, 4.69) is 0 Å². The third-order valence-corrected chi connectivity index (χ3v) is 2.29. The maximum absolute atomic E-state index is 13.4. The summed E-state index contributed by atoms with van der Waals surface area (Å²) < 4.78 is 26.7. The van der Waals surface area contributed by atoms with Crippen LogP contribution in [0.15, 0.2) is 18.2 Å². The Kier molecular flexibility index (Phi) is 1.82. The van der Waals surface area contributed by atoms with Crippen molar-refractivity contribution in [3.63, 3.8) is 0 Å². The molecule has 1 aliphatic rings. The molecule has 4 nitrogen and oxygen atoms in total. The molecular formula is C9H8F2N2O2. The molecule has 15 heavy (non-hydrogen) atoms. The zero-order valence-electron chi connectivity index (χ0n) is 7.58. The summed E-state index contributed by atoms with van der Waals surface area (Å²) in [5, 5.41) is 8.72. The highest BCUT2D eigenvalue weighted by Gasteiger charge is 2.46. The largest absolute Gasteiger partial charge is 0.465 e. The van der Waals surface area contributed by atoms with E-state index in [-0.39, 0.29) is 16.9 Å². The molecule has 1 aliphatic heterocycles. The van der Waals surface area contributed by atoms with Crippen molar-refractivity contribution < 1.29 is 18.7 Å². The van der Waals surface area contributed by atoms with Gasteiger partial charge in [0.05, 0.1) is 12.2 Å². The normalized spacial score (nSPS) is 17.6. The predicted octanol–water partition coefficient (Wildman–Crippen LogP) is 1.86. The first kappa shape index (κ1) is 9.70. The number of halogens is 2. The molecule has 0 fully saturated rings. The number of hydrogen-bond donors (Lipinski definition) is 2. The van der Waals surface area contributed by atoms with Gasteiger partial charge in [-0.15, -0.1) is 0 Å². The highest BCUT2D eigenvalue weighted by molar-refractivity contribution is 5.90. The van der Waals surface area contributed by atoms with E-state index in [4.69, 9.17) is 10.8 Å². The Morgan fingerprint density at radius 3 is 2.80 bits per heavy atom. The smallest absolute Gasteiger partial charge is 0.412 e. The van der Waals surface area contributed by atoms with Crippen LogP contribution in [0.25, 0.3) is 0 Å². The van der Waals surface area contributed by atoms with Gasteiger partial charge < -0.3 is 10.8 Å². The summed E-state index contributed by atoms with van der Waals surface area (Å²) in [6.07, 6.45) is -1.39. The van der Waals surface area contributed by atoms with Gasteiger partial charge in [-0.05, 0) is 18.2 Å². The van der Waals surface area contributed by atoms with E-state index in [1.165, 1.54) is 12.1 Å². The molecule has 80 valence electrons. The molecule has 0 aliphatic carbocycles. The molecule has 3 N–H and O–H groups in total. The molecule has 1 aromatic rings. The first-order chi connectivity index (χ1) is 6.92. The summed E-state index contributed by atoms with van der Waals surface area (Å²) in [4.78, 5) is 11.3. The highest BCUT2D eigenvalue weighted by Crippen LogP contribution is 2.43. The van der Waals surface area contributed by atoms with Gasteiger partial charge in [0.25, 0.3) is 5.92 Å². The molecule has 6 heteroatoms. The number of nitrogens with zero attached hydrogens (tertiary/aromatic N) is 1. The van der Waals surface area contributed by atoms with Gasteiger partial charge in [-0.2, -0.15) is 8.78 Å². The van der Waals surface area contributed by atoms with Crippen molar-refractivity contribution >= 4 is 17.5 Å². The van der Waals surface area contributed by atoms with Crippen LogP contribution in [0, 0.1) is 0 Å². The van der Waals surface area contributed by atoms with Gasteiger partial charge in [0.1, 0.15) is 0 Å². The summed E-state index contributed by atoms with van der Waals surface area (Å²) in [6, 6.07) is 3.80. The SMILES string of the molecule is Nc1ccc2c(c1)C(F)(F)CN2C(=O)O. The number of carbonyl (C=O) groups is 1. The van der Waals surface area contributed by atoms with E-state index in [9.17, 15) is 13.6 Å². The van der Waals surface area contributed by atoms with Gasteiger partial charge in [0.15, 0.2) is 0 Å². The van der Waals surface area contributed by atoms with Crippen molar-refractivity contribution in [2.24, 2.45) is 0 Å². The molecule has 1 amide bonds. The Hall–Kier alpha value is -1.85. The fourth-order valence-corrected chi connectivity index (χ4v) is 1.62. The second-order valence-electron chi connectivity index (χ2n) is 3.35. The number of nitrogen functional groups attached to an aromatic ring is 1. The standard InChI is InChI=1S/C9H8F2N2O2/c10-9(11)4-13(8(14)15)7-2-1-5(12)3-6(7)9/h1-3H,4,12H2,(H,14,15). The van der Waals surface area contributed by atoms with E-state index < -0.39 is 18.6 Å². The maximum Gasteiger partial charge on any atom is 0.412 e. The summed E-state index contributed by atoms with van der Waals surface area (Å²) in [5.41, 5.74) is 5.24. The summed E-state index contributed by atoms with van der Waals surface area (Å²) in [5.74, 6) is -3.16. The summed E-state index contributed by atoms with van der Waals surface area (Å²) >= 11 is 0. The minimum absolute atomic E-state index is 0.00157. The Labute approximate surface area is 83.9 Å². The Morgan fingerprint density at radius 2 is 2.20 bits per heavy atom. The van der Waals surface area contributed by atoms with E-state index in [1.807, 2.05) is 0 Å². The molecular weight excluding hydrogens is 206 g/mol. The molecule has 1 aromatic carbocycles. The highest BCUT2D eigenvalue weighted by atomic mass is 19.3. The third kappa shape index (κ3) is 1.38. The zero-order valence-corrected chi connectivity index (χ0v) is 7.58. The lowest BCUT2D eigenvalue weighted by atomic mass is 10.1. The van der Waals surface area contributed by atoms with Gasteiger partial charge in [-0.1, -0.05) is 0 Å². The van der Waals surface area contributed by atoms with Gasteiger partial charge >= 0.3 is 6.09 Å². The number of anilines is 2. The molecule has 0 radical (unpaired) electrons. The van der Waals surface area contributed by atoms with Crippen LogP contribution in [0.1, 0.15) is 5.56 Å². The summed E-state index contributed by atoms with van der Waals surface area (Å²) in [6.45, 7) is -0.846. The minimum Gasteiger partial charge on any atom is -0.465 e. The van der Waals surface area contributed by atoms with Crippen LogP contribution in [0.3, 0.4) is 0 Å². The van der Waals surface area contributed by atoms with Crippen LogP contribution < -0.4 is 10.6 Å². The number of nitrogens with two attached hydrogens (primary N) is 1. The van der Waals surface area contributed by atoms with Crippen molar-refractivity contribution in [2.45, 2.75) is 5.92 Å².